The lowest BCUT2D eigenvalue weighted by Crippen LogP contribution is -2.68. The first-order chi connectivity index (χ1) is 9.28. The third-order valence-electron chi connectivity index (χ3n) is 4.75. The van der Waals surface area contributed by atoms with E-state index < -0.39 is 0 Å². The Kier molecular flexibility index (Phi) is 3.86. The molecule has 1 aliphatic rings. The van der Waals surface area contributed by atoms with Gasteiger partial charge in [-0.05, 0) is 20.3 Å². The zero-order valence-corrected chi connectivity index (χ0v) is 12.8. The number of rotatable bonds is 5. The van der Waals surface area contributed by atoms with Crippen LogP contribution in [0.25, 0.3) is 0 Å². The number of amides is 1. The highest BCUT2D eigenvalue weighted by molar-refractivity contribution is 5.76. The minimum absolute atomic E-state index is 0.0112. The summed E-state index contributed by atoms with van der Waals surface area (Å²) in [5, 5.41) is 6.77. The lowest BCUT2D eigenvalue weighted by Gasteiger charge is -2.59. The zero-order valence-electron chi connectivity index (χ0n) is 12.8. The summed E-state index contributed by atoms with van der Waals surface area (Å²) in [6.45, 7) is 8.07. The minimum atomic E-state index is -0.172. The average molecular weight is 281 g/mol. The number of ether oxygens (including phenoxy) is 1. The number of carbonyl (C=O) groups is 1. The van der Waals surface area contributed by atoms with Crippen molar-refractivity contribution in [3.63, 3.8) is 0 Å². The van der Waals surface area contributed by atoms with Crippen molar-refractivity contribution in [2.75, 3.05) is 7.11 Å². The molecule has 0 aliphatic heterocycles. The average Bonchev–Trinajstić information content (AvgIpc) is 2.81. The maximum atomic E-state index is 12.0. The van der Waals surface area contributed by atoms with Crippen molar-refractivity contribution in [1.82, 2.24) is 15.5 Å². The highest BCUT2D eigenvalue weighted by Gasteiger charge is 2.58. The molecule has 0 aromatic carbocycles. The van der Waals surface area contributed by atoms with E-state index in [2.05, 4.69) is 36.2 Å². The van der Waals surface area contributed by atoms with Crippen LogP contribution in [0.5, 0.6) is 0 Å². The van der Waals surface area contributed by atoms with Gasteiger partial charge < -0.3 is 14.6 Å². The van der Waals surface area contributed by atoms with Crippen molar-refractivity contribution in [2.45, 2.75) is 58.6 Å². The van der Waals surface area contributed by atoms with Crippen LogP contribution in [-0.2, 0) is 16.0 Å². The van der Waals surface area contributed by atoms with Gasteiger partial charge in [0.05, 0.1) is 5.60 Å². The minimum Gasteiger partial charge on any atom is -0.378 e. The van der Waals surface area contributed by atoms with E-state index in [9.17, 15) is 4.79 Å². The quantitative estimate of drug-likeness (QED) is 0.887. The van der Waals surface area contributed by atoms with Crippen molar-refractivity contribution >= 4 is 5.91 Å². The van der Waals surface area contributed by atoms with Gasteiger partial charge >= 0.3 is 0 Å². The summed E-state index contributed by atoms with van der Waals surface area (Å²) in [5.74, 6) is 1.11. The Hall–Kier alpha value is -1.43. The number of aryl methyl sites for hydroxylation is 2. The van der Waals surface area contributed by atoms with Gasteiger partial charge in [-0.25, -0.2) is 0 Å². The Morgan fingerprint density at radius 3 is 2.70 bits per heavy atom. The number of hydrogen-bond acceptors (Lipinski definition) is 5. The van der Waals surface area contributed by atoms with Crippen LogP contribution >= 0.6 is 0 Å². The third kappa shape index (κ3) is 2.57. The van der Waals surface area contributed by atoms with Gasteiger partial charge in [0.2, 0.25) is 11.8 Å². The van der Waals surface area contributed by atoms with Gasteiger partial charge in [0.25, 0.3) is 0 Å². The molecule has 0 saturated heterocycles. The van der Waals surface area contributed by atoms with Crippen LogP contribution in [0, 0.1) is 12.3 Å². The topological polar surface area (TPSA) is 77.2 Å². The van der Waals surface area contributed by atoms with Gasteiger partial charge in [-0.2, -0.15) is 4.98 Å². The molecule has 0 spiro atoms. The SMILES string of the molecule is COC1(C)CC(NC(=O)CCc2nc(C)no2)C1(C)C. The van der Waals surface area contributed by atoms with Crippen molar-refractivity contribution < 1.29 is 14.1 Å². The first-order valence-electron chi connectivity index (χ1n) is 6.92. The Morgan fingerprint density at radius 1 is 1.50 bits per heavy atom. The molecule has 20 heavy (non-hydrogen) atoms. The largest absolute Gasteiger partial charge is 0.378 e. The smallest absolute Gasteiger partial charge is 0.227 e. The van der Waals surface area contributed by atoms with E-state index in [0.29, 0.717) is 24.6 Å². The predicted molar refractivity (Wildman–Crippen MR) is 73.1 cm³/mol. The van der Waals surface area contributed by atoms with Crippen LogP contribution in [0.1, 0.15) is 45.3 Å². The molecule has 1 fully saturated rings. The predicted octanol–water partition coefficient (Wildman–Crippen LogP) is 1.63. The Labute approximate surface area is 119 Å². The summed E-state index contributed by atoms with van der Waals surface area (Å²) in [6.07, 6.45) is 1.67. The number of hydrogen-bond donors (Lipinski definition) is 1. The molecule has 112 valence electrons. The molecule has 1 N–H and O–H groups in total. The number of nitrogens with zero attached hydrogens (tertiary/aromatic N) is 2. The molecule has 1 aromatic heterocycles. The Morgan fingerprint density at radius 2 is 2.20 bits per heavy atom. The van der Waals surface area contributed by atoms with E-state index in [0.717, 1.165) is 6.42 Å². The van der Waals surface area contributed by atoms with E-state index in [1.165, 1.54) is 0 Å². The third-order valence-corrected chi connectivity index (χ3v) is 4.75. The first-order valence-corrected chi connectivity index (χ1v) is 6.92. The standard InChI is InChI=1S/C14H23N3O3/c1-9-15-12(20-17-9)7-6-11(18)16-10-8-14(4,19-5)13(10,2)3/h10H,6-8H2,1-5H3,(H,16,18). The number of nitrogens with one attached hydrogen (secondary N) is 1. The van der Waals surface area contributed by atoms with Gasteiger partial charge in [0.1, 0.15) is 0 Å². The zero-order chi connectivity index (χ0) is 15.0. The fourth-order valence-corrected chi connectivity index (χ4v) is 2.65. The van der Waals surface area contributed by atoms with E-state index in [1.807, 2.05) is 0 Å². The second-order valence-corrected chi connectivity index (χ2v) is 6.22. The molecule has 2 atom stereocenters. The van der Waals surface area contributed by atoms with Gasteiger partial charge in [-0.3, -0.25) is 4.79 Å². The molecule has 0 radical (unpaired) electrons. The second kappa shape index (κ2) is 5.16. The molecule has 1 aromatic rings. The molecular weight excluding hydrogens is 258 g/mol. The summed E-state index contributed by atoms with van der Waals surface area (Å²) in [4.78, 5) is 16.1. The number of aromatic nitrogens is 2. The summed E-state index contributed by atoms with van der Waals surface area (Å²) >= 11 is 0. The summed E-state index contributed by atoms with van der Waals surface area (Å²) in [5.41, 5.74) is -0.243. The van der Waals surface area contributed by atoms with Crippen molar-refractivity contribution in [3.05, 3.63) is 11.7 Å². The monoisotopic (exact) mass is 281 g/mol. The molecule has 2 rings (SSSR count). The van der Waals surface area contributed by atoms with Gasteiger partial charge in [0, 0.05) is 31.4 Å². The normalized spacial score (nSPS) is 27.9. The summed E-state index contributed by atoms with van der Waals surface area (Å²) in [7, 11) is 1.72. The van der Waals surface area contributed by atoms with Crippen molar-refractivity contribution in [1.29, 1.82) is 0 Å². The maximum absolute atomic E-state index is 12.0. The van der Waals surface area contributed by atoms with Crippen LogP contribution in [-0.4, -0.2) is 34.8 Å². The molecule has 2 unspecified atom stereocenters. The molecule has 6 heteroatoms. The van der Waals surface area contributed by atoms with Gasteiger partial charge in [-0.15, -0.1) is 0 Å². The van der Waals surface area contributed by atoms with Crippen LogP contribution in [0.4, 0.5) is 0 Å². The van der Waals surface area contributed by atoms with Crippen LogP contribution in [0.2, 0.25) is 0 Å². The summed E-state index contributed by atoms with van der Waals surface area (Å²) in [6, 6.07) is 0.143. The molecule has 1 amide bonds. The van der Waals surface area contributed by atoms with E-state index in [1.54, 1.807) is 14.0 Å². The molecule has 0 bridgehead atoms. The number of carbonyl (C=O) groups excluding carboxylic acids is 1. The van der Waals surface area contributed by atoms with E-state index in [4.69, 9.17) is 9.26 Å². The first kappa shape index (κ1) is 15.0. The number of methoxy groups -OCH3 is 1. The van der Waals surface area contributed by atoms with Crippen molar-refractivity contribution in [2.24, 2.45) is 5.41 Å². The Bertz CT molecular complexity index is 498. The highest BCUT2D eigenvalue weighted by atomic mass is 16.5. The second-order valence-electron chi connectivity index (χ2n) is 6.22. The van der Waals surface area contributed by atoms with E-state index in [-0.39, 0.29) is 23.0 Å². The maximum Gasteiger partial charge on any atom is 0.227 e. The molecule has 1 aliphatic carbocycles. The van der Waals surface area contributed by atoms with Crippen LogP contribution < -0.4 is 5.32 Å². The van der Waals surface area contributed by atoms with Gasteiger partial charge in [-0.1, -0.05) is 19.0 Å². The highest BCUT2D eigenvalue weighted by Crippen LogP contribution is 2.51. The van der Waals surface area contributed by atoms with Crippen molar-refractivity contribution in [3.8, 4) is 0 Å². The van der Waals surface area contributed by atoms with Gasteiger partial charge in [0.15, 0.2) is 5.82 Å². The fourth-order valence-electron chi connectivity index (χ4n) is 2.65. The van der Waals surface area contributed by atoms with Crippen LogP contribution in [0.15, 0.2) is 4.52 Å². The van der Waals surface area contributed by atoms with E-state index >= 15 is 0 Å². The molecule has 6 nitrogen and oxygen atoms in total. The molecular formula is C14H23N3O3. The van der Waals surface area contributed by atoms with Crippen LogP contribution in [0.3, 0.4) is 0 Å². The molecule has 1 heterocycles. The lowest BCUT2D eigenvalue weighted by atomic mass is 9.56. The molecule has 1 saturated carbocycles. The fraction of sp³-hybridized carbons (Fsp3) is 0.786. The lowest BCUT2D eigenvalue weighted by molar-refractivity contribution is -0.182. The summed E-state index contributed by atoms with van der Waals surface area (Å²) < 4.78 is 10.5. The Balaban J connectivity index is 1.81.